The molecule has 0 aliphatic carbocycles. The molecule has 0 unspecified atom stereocenters. The van der Waals surface area contributed by atoms with Crippen LogP contribution in [0.15, 0.2) is 71.6 Å². The van der Waals surface area contributed by atoms with Crippen molar-refractivity contribution < 1.29 is 23.1 Å². The Labute approximate surface area is 227 Å². The van der Waals surface area contributed by atoms with Gasteiger partial charge in [-0.15, -0.1) is 11.8 Å². The summed E-state index contributed by atoms with van der Waals surface area (Å²) < 4.78 is 31.8. The van der Waals surface area contributed by atoms with E-state index in [2.05, 4.69) is 10.0 Å². The van der Waals surface area contributed by atoms with Gasteiger partial charge in [-0.25, -0.2) is 13.1 Å². The molecule has 7 nitrogen and oxygen atoms in total. The quantitative estimate of drug-likeness (QED) is 0.213. The third-order valence-corrected chi connectivity index (χ3v) is 7.07. The van der Waals surface area contributed by atoms with Gasteiger partial charge in [0, 0.05) is 28.9 Å². The average Bonchev–Trinajstić information content (AvgIpc) is 2.83. The summed E-state index contributed by atoms with van der Waals surface area (Å²) in [6.45, 7) is 4.96. The van der Waals surface area contributed by atoms with Gasteiger partial charge in [0.25, 0.3) is 5.91 Å². The van der Waals surface area contributed by atoms with Crippen molar-refractivity contribution in [3.63, 3.8) is 0 Å². The van der Waals surface area contributed by atoms with E-state index in [0.29, 0.717) is 34.3 Å². The van der Waals surface area contributed by atoms with Crippen LogP contribution in [0.3, 0.4) is 0 Å². The lowest BCUT2D eigenvalue weighted by molar-refractivity contribution is 0.0978. The first-order valence-corrected chi connectivity index (χ1v) is 14.9. The highest BCUT2D eigenvalue weighted by atomic mass is 35.5. The van der Waals surface area contributed by atoms with Gasteiger partial charge in [0.2, 0.25) is 10.0 Å². The number of benzene rings is 3. The summed E-state index contributed by atoms with van der Waals surface area (Å²) in [5.74, 6) is -0.207. The van der Waals surface area contributed by atoms with Crippen LogP contribution in [0.2, 0.25) is 5.02 Å². The van der Waals surface area contributed by atoms with Gasteiger partial charge >= 0.3 is 0 Å². The third-order valence-electron chi connectivity index (χ3n) is 5.17. The fraction of sp³-hybridized carbons (Fsp3) is 0.296. The topological polar surface area (TPSA) is 105 Å². The molecule has 10 heteroatoms. The molecular weight excluding hydrogens is 532 g/mol. The summed E-state index contributed by atoms with van der Waals surface area (Å²) in [7, 11) is -3.74. The van der Waals surface area contributed by atoms with E-state index in [-0.39, 0.29) is 17.4 Å². The lowest BCUT2D eigenvalue weighted by atomic mass is 10.0. The van der Waals surface area contributed by atoms with Crippen molar-refractivity contribution in [2.45, 2.75) is 30.1 Å². The SMILES string of the molecule is CC(C)Sc1c(C(=O)NS(C)(=O)=O)ccc(-c2ccccc2)c1OCCNC[C@H](O)c1cccc(Cl)c1. The number of halogens is 1. The second-order valence-corrected chi connectivity index (χ2v) is 12.4. The number of carbonyl (C=O) groups is 1. The average molecular weight is 563 g/mol. The Bertz CT molecular complexity index is 1320. The monoisotopic (exact) mass is 562 g/mol. The molecule has 198 valence electrons. The number of aliphatic hydroxyl groups is 1. The number of aliphatic hydroxyl groups excluding tert-OH is 1. The number of rotatable bonds is 12. The smallest absolute Gasteiger partial charge is 0.265 e. The minimum Gasteiger partial charge on any atom is -0.490 e. The second kappa shape index (κ2) is 13.3. The Hall–Kier alpha value is -2.56. The van der Waals surface area contributed by atoms with Crippen LogP contribution in [-0.2, 0) is 10.0 Å². The van der Waals surface area contributed by atoms with Crippen molar-refractivity contribution in [3.8, 4) is 16.9 Å². The maximum Gasteiger partial charge on any atom is 0.265 e. The number of nitrogens with one attached hydrogen (secondary N) is 2. The van der Waals surface area contributed by atoms with Crippen molar-refractivity contribution in [3.05, 3.63) is 82.9 Å². The molecule has 0 radical (unpaired) electrons. The van der Waals surface area contributed by atoms with E-state index < -0.39 is 22.0 Å². The van der Waals surface area contributed by atoms with Crippen molar-refractivity contribution >= 4 is 39.3 Å². The van der Waals surface area contributed by atoms with Gasteiger partial charge in [-0.2, -0.15) is 0 Å². The molecule has 0 aromatic heterocycles. The summed E-state index contributed by atoms with van der Waals surface area (Å²) in [5.41, 5.74) is 2.64. The largest absolute Gasteiger partial charge is 0.490 e. The third kappa shape index (κ3) is 8.76. The number of amides is 1. The summed E-state index contributed by atoms with van der Waals surface area (Å²) in [6, 6.07) is 20.1. The van der Waals surface area contributed by atoms with Gasteiger partial charge in [-0.3, -0.25) is 4.79 Å². The Kier molecular flexibility index (Phi) is 10.4. The lowest BCUT2D eigenvalue weighted by Crippen LogP contribution is -2.30. The molecule has 3 aromatic rings. The lowest BCUT2D eigenvalue weighted by Gasteiger charge is -2.20. The standard InChI is InChI=1S/C27H31ClN2O5S2/c1-18(2)36-26-23(27(32)30-37(3,33)34)13-12-22(19-8-5-4-6-9-19)25(26)35-15-14-29-17-24(31)20-10-7-11-21(28)16-20/h4-13,16,18,24,29,31H,14-15,17H2,1-3H3,(H,30,32)/t24-/m0/s1. The van der Waals surface area contributed by atoms with Crippen LogP contribution in [0.5, 0.6) is 5.75 Å². The van der Waals surface area contributed by atoms with Crippen molar-refractivity contribution in [1.82, 2.24) is 10.0 Å². The number of sulfonamides is 1. The van der Waals surface area contributed by atoms with Crippen molar-refractivity contribution in [2.75, 3.05) is 26.0 Å². The minimum absolute atomic E-state index is 0.101. The molecule has 0 aliphatic rings. The zero-order valence-corrected chi connectivity index (χ0v) is 23.3. The molecule has 1 atom stereocenters. The van der Waals surface area contributed by atoms with Crippen LogP contribution in [-0.4, -0.2) is 50.6 Å². The molecule has 3 N–H and O–H groups in total. The summed E-state index contributed by atoms with van der Waals surface area (Å²) in [6.07, 6.45) is 0.216. The van der Waals surface area contributed by atoms with E-state index >= 15 is 0 Å². The molecule has 0 saturated carbocycles. The van der Waals surface area contributed by atoms with Gasteiger partial charge in [0.15, 0.2) is 0 Å². The van der Waals surface area contributed by atoms with Gasteiger partial charge in [-0.05, 0) is 35.4 Å². The van der Waals surface area contributed by atoms with E-state index in [1.807, 2.05) is 50.2 Å². The Morgan fingerprint density at radius 1 is 1.08 bits per heavy atom. The van der Waals surface area contributed by atoms with Gasteiger partial charge in [0.05, 0.1) is 22.8 Å². The molecule has 1 amide bonds. The van der Waals surface area contributed by atoms with Crippen molar-refractivity contribution in [2.24, 2.45) is 0 Å². The molecule has 0 saturated heterocycles. The predicted octanol–water partition coefficient (Wildman–Crippen LogP) is 4.90. The van der Waals surface area contributed by atoms with Crippen molar-refractivity contribution in [1.29, 1.82) is 0 Å². The van der Waals surface area contributed by atoms with Gasteiger partial charge in [0.1, 0.15) is 12.4 Å². The summed E-state index contributed by atoms with van der Waals surface area (Å²) in [5, 5.41) is 14.3. The van der Waals surface area contributed by atoms with Crippen LogP contribution in [0.1, 0.15) is 35.9 Å². The highest BCUT2D eigenvalue weighted by Crippen LogP contribution is 2.42. The Morgan fingerprint density at radius 3 is 2.46 bits per heavy atom. The fourth-order valence-electron chi connectivity index (χ4n) is 3.60. The maximum atomic E-state index is 12.9. The first-order valence-electron chi connectivity index (χ1n) is 11.7. The zero-order chi connectivity index (χ0) is 27.0. The molecule has 37 heavy (non-hydrogen) atoms. The maximum absolute atomic E-state index is 12.9. The number of ether oxygens (including phenoxy) is 1. The van der Waals surface area contributed by atoms with E-state index in [0.717, 1.165) is 17.4 Å². The van der Waals surface area contributed by atoms with Crippen LogP contribution >= 0.6 is 23.4 Å². The van der Waals surface area contributed by atoms with Gasteiger partial charge in [-0.1, -0.05) is 67.9 Å². The normalized spacial score (nSPS) is 12.4. The fourth-order valence-corrected chi connectivity index (χ4v) is 5.28. The molecule has 0 fully saturated rings. The minimum atomic E-state index is -3.74. The number of hydrogen-bond acceptors (Lipinski definition) is 7. The molecule has 3 aromatic carbocycles. The molecule has 0 aliphatic heterocycles. The first kappa shape index (κ1) is 29.0. The number of carbonyl (C=O) groups excluding carboxylic acids is 1. The highest BCUT2D eigenvalue weighted by molar-refractivity contribution is 8.00. The van der Waals surface area contributed by atoms with Crippen LogP contribution < -0.4 is 14.8 Å². The molecule has 0 spiro atoms. The summed E-state index contributed by atoms with van der Waals surface area (Å²) >= 11 is 7.44. The van der Waals surface area contributed by atoms with E-state index in [1.165, 1.54) is 11.8 Å². The summed E-state index contributed by atoms with van der Waals surface area (Å²) in [4.78, 5) is 13.4. The second-order valence-electron chi connectivity index (χ2n) is 8.68. The van der Waals surface area contributed by atoms with E-state index in [4.69, 9.17) is 16.3 Å². The molecular formula is C27H31ClN2O5S2. The number of hydrogen-bond donors (Lipinski definition) is 3. The molecule has 0 heterocycles. The Balaban J connectivity index is 1.84. The molecule has 0 bridgehead atoms. The van der Waals surface area contributed by atoms with Crippen LogP contribution in [0.25, 0.3) is 11.1 Å². The highest BCUT2D eigenvalue weighted by Gasteiger charge is 2.23. The van der Waals surface area contributed by atoms with Crippen LogP contribution in [0, 0.1) is 0 Å². The predicted molar refractivity (Wildman–Crippen MR) is 150 cm³/mol. The number of thioether (sulfide) groups is 1. The van der Waals surface area contributed by atoms with E-state index in [1.54, 1.807) is 30.3 Å². The first-order chi connectivity index (χ1) is 17.5. The molecule has 3 rings (SSSR count). The van der Waals surface area contributed by atoms with E-state index in [9.17, 15) is 18.3 Å². The van der Waals surface area contributed by atoms with Crippen LogP contribution in [0.4, 0.5) is 0 Å². The zero-order valence-electron chi connectivity index (χ0n) is 20.9. The Morgan fingerprint density at radius 2 is 1.81 bits per heavy atom. The van der Waals surface area contributed by atoms with Gasteiger partial charge < -0.3 is 15.2 Å².